The van der Waals surface area contributed by atoms with E-state index in [-0.39, 0.29) is 17.3 Å². The molecule has 0 aliphatic carbocycles. The summed E-state index contributed by atoms with van der Waals surface area (Å²) in [5.74, 6) is 0.0512. The van der Waals surface area contributed by atoms with Gasteiger partial charge in [0.15, 0.2) is 0 Å². The third kappa shape index (κ3) is 4.40. The van der Waals surface area contributed by atoms with Gasteiger partial charge in [0.25, 0.3) is 5.69 Å². The molecule has 1 amide bonds. The van der Waals surface area contributed by atoms with Crippen LogP contribution >= 0.6 is 23.3 Å². The molecule has 126 valence electrons. The molecule has 9 heteroatoms. The van der Waals surface area contributed by atoms with Crippen molar-refractivity contribution in [3.05, 3.63) is 64.7 Å². The van der Waals surface area contributed by atoms with Crippen molar-refractivity contribution >= 4 is 40.6 Å². The minimum atomic E-state index is -0.455. The first-order valence-corrected chi connectivity index (χ1v) is 8.94. The number of aromatic nitrogens is 2. The van der Waals surface area contributed by atoms with E-state index in [9.17, 15) is 14.9 Å². The van der Waals surface area contributed by atoms with Crippen LogP contribution in [0, 0.1) is 10.1 Å². The molecular formula is C16H12N4O3S2. The summed E-state index contributed by atoms with van der Waals surface area (Å²) >= 11 is 2.46. The number of hydrogen-bond acceptors (Lipinski definition) is 7. The molecular weight excluding hydrogens is 360 g/mol. The summed E-state index contributed by atoms with van der Waals surface area (Å²) in [6.07, 6.45) is 0. The lowest BCUT2D eigenvalue weighted by Gasteiger charge is -2.04. The van der Waals surface area contributed by atoms with Gasteiger partial charge < -0.3 is 5.32 Å². The second-order valence-electron chi connectivity index (χ2n) is 4.92. The number of para-hydroxylation sites is 1. The lowest BCUT2D eigenvalue weighted by atomic mass is 10.1. The Balaban J connectivity index is 1.69. The number of hydrogen-bond donors (Lipinski definition) is 1. The summed E-state index contributed by atoms with van der Waals surface area (Å²) in [5.41, 5.74) is 1.87. The average Bonchev–Trinajstić information content (AvgIpc) is 3.09. The van der Waals surface area contributed by atoms with E-state index in [0.717, 1.165) is 21.4 Å². The van der Waals surface area contributed by atoms with E-state index in [2.05, 4.69) is 14.9 Å². The van der Waals surface area contributed by atoms with Crippen LogP contribution in [0.3, 0.4) is 0 Å². The van der Waals surface area contributed by atoms with Crippen molar-refractivity contribution in [3.8, 4) is 11.3 Å². The van der Waals surface area contributed by atoms with Gasteiger partial charge >= 0.3 is 0 Å². The molecule has 0 atom stereocenters. The van der Waals surface area contributed by atoms with Crippen molar-refractivity contribution in [2.24, 2.45) is 0 Å². The zero-order valence-corrected chi connectivity index (χ0v) is 14.4. The highest BCUT2D eigenvalue weighted by atomic mass is 32.2. The van der Waals surface area contributed by atoms with Gasteiger partial charge in [0.2, 0.25) is 5.91 Å². The molecule has 0 aliphatic heterocycles. The highest BCUT2D eigenvalue weighted by Crippen LogP contribution is 2.33. The maximum atomic E-state index is 12.0. The molecule has 1 aromatic heterocycles. The summed E-state index contributed by atoms with van der Waals surface area (Å²) in [6, 6.07) is 15.4. The van der Waals surface area contributed by atoms with E-state index in [1.54, 1.807) is 12.1 Å². The fraction of sp³-hybridized carbons (Fsp3) is 0.0625. The van der Waals surface area contributed by atoms with Gasteiger partial charge in [-0.3, -0.25) is 14.9 Å². The molecule has 0 fully saturated rings. The number of benzene rings is 2. The van der Waals surface area contributed by atoms with Crippen LogP contribution in [0.15, 0.2) is 58.8 Å². The largest absolute Gasteiger partial charge is 0.325 e. The van der Waals surface area contributed by atoms with E-state index in [0.29, 0.717) is 11.3 Å². The van der Waals surface area contributed by atoms with Gasteiger partial charge in [0.1, 0.15) is 9.90 Å². The van der Waals surface area contributed by atoms with Gasteiger partial charge in [0.05, 0.1) is 10.7 Å². The maximum Gasteiger partial charge on any atom is 0.270 e. The second-order valence-corrected chi connectivity index (χ2v) is 6.92. The average molecular weight is 372 g/mol. The van der Waals surface area contributed by atoms with Crippen molar-refractivity contribution in [1.29, 1.82) is 0 Å². The number of rotatable bonds is 6. The number of carbonyl (C=O) groups excluding carboxylic acids is 1. The van der Waals surface area contributed by atoms with Gasteiger partial charge in [-0.1, -0.05) is 34.8 Å². The molecule has 7 nitrogen and oxygen atoms in total. The van der Waals surface area contributed by atoms with Crippen LogP contribution in [0.4, 0.5) is 11.4 Å². The molecule has 0 saturated carbocycles. The molecule has 2 aromatic carbocycles. The minimum Gasteiger partial charge on any atom is -0.325 e. The number of nitro groups is 1. The smallest absolute Gasteiger partial charge is 0.270 e. The lowest BCUT2D eigenvalue weighted by molar-refractivity contribution is -0.384. The number of nitrogens with one attached hydrogen (secondary N) is 1. The standard InChI is InChI=1S/C16H12N4O3S2/c21-14(17-12-6-2-1-3-7-12)10-24-16-15(18-19-25-16)11-5-4-8-13(9-11)20(22)23/h1-9H,10H2,(H,17,21). The Labute approximate surface area is 151 Å². The topological polar surface area (TPSA) is 98.0 Å². The molecule has 3 rings (SSSR count). The molecule has 0 bridgehead atoms. The molecule has 1 N–H and O–H groups in total. The Kier molecular flexibility index (Phi) is 5.36. The quantitative estimate of drug-likeness (QED) is 0.401. The Morgan fingerprint density at radius 2 is 2.00 bits per heavy atom. The van der Waals surface area contributed by atoms with Crippen LogP contribution in [-0.2, 0) is 4.79 Å². The van der Waals surface area contributed by atoms with Crippen molar-refractivity contribution in [2.45, 2.75) is 4.21 Å². The van der Waals surface area contributed by atoms with Gasteiger partial charge in [0, 0.05) is 23.4 Å². The van der Waals surface area contributed by atoms with Crippen LogP contribution in [0.2, 0.25) is 0 Å². The zero-order chi connectivity index (χ0) is 17.6. The van der Waals surface area contributed by atoms with Crippen LogP contribution < -0.4 is 5.32 Å². The Hall–Kier alpha value is -2.78. The van der Waals surface area contributed by atoms with Gasteiger partial charge in [-0.2, -0.15) is 0 Å². The Morgan fingerprint density at radius 1 is 1.20 bits per heavy atom. The normalized spacial score (nSPS) is 10.4. The number of nitrogens with zero attached hydrogens (tertiary/aromatic N) is 3. The van der Waals surface area contributed by atoms with Crippen molar-refractivity contribution in [3.63, 3.8) is 0 Å². The number of nitro benzene ring substituents is 1. The number of anilines is 1. The highest BCUT2D eigenvalue weighted by molar-refractivity contribution is 8.01. The summed E-state index contributed by atoms with van der Waals surface area (Å²) in [4.78, 5) is 22.5. The first-order chi connectivity index (χ1) is 12.1. The molecule has 0 radical (unpaired) electrons. The van der Waals surface area contributed by atoms with E-state index in [4.69, 9.17) is 0 Å². The van der Waals surface area contributed by atoms with E-state index in [1.807, 2.05) is 30.3 Å². The molecule has 0 aliphatic rings. The van der Waals surface area contributed by atoms with Gasteiger partial charge in [-0.15, -0.1) is 16.9 Å². The fourth-order valence-electron chi connectivity index (χ4n) is 2.07. The van der Waals surface area contributed by atoms with Crippen LogP contribution in [0.25, 0.3) is 11.3 Å². The number of carbonyl (C=O) groups is 1. The summed E-state index contributed by atoms with van der Waals surface area (Å²) < 4.78 is 4.64. The predicted octanol–water partition coefficient (Wildman–Crippen LogP) is 3.84. The number of thioether (sulfide) groups is 1. The van der Waals surface area contributed by atoms with Crippen molar-refractivity contribution < 1.29 is 9.72 Å². The molecule has 25 heavy (non-hydrogen) atoms. The van der Waals surface area contributed by atoms with E-state index >= 15 is 0 Å². The maximum absolute atomic E-state index is 12.0. The summed E-state index contributed by atoms with van der Waals surface area (Å²) in [5, 5.41) is 17.8. The third-order valence-electron chi connectivity index (χ3n) is 3.18. The Morgan fingerprint density at radius 3 is 2.76 bits per heavy atom. The molecule has 1 heterocycles. The van der Waals surface area contributed by atoms with E-state index < -0.39 is 4.92 Å². The predicted molar refractivity (Wildman–Crippen MR) is 97.8 cm³/mol. The summed E-state index contributed by atoms with van der Waals surface area (Å²) in [6.45, 7) is 0. The first kappa shape index (κ1) is 17.1. The first-order valence-electron chi connectivity index (χ1n) is 7.18. The lowest BCUT2D eigenvalue weighted by Crippen LogP contribution is -2.13. The van der Waals surface area contributed by atoms with Crippen molar-refractivity contribution in [2.75, 3.05) is 11.1 Å². The SMILES string of the molecule is O=C(CSc1snnc1-c1cccc([N+](=O)[O-])c1)Nc1ccccc1. The van der Waals surface area contributed by atoms with Crippen LogP contribution in [0.1, 0.15) is 0 Å². The third-order valence-corrected chi connectivity index (χ3v) is 5.14. The Bertz CT molecular complexity index is 899. The molecule has 0 saturated heterocycles. The summed E-state index contributed by atoms with van der Waals surface area (Å²) in [7, 11) is 0. The molecule has 3 aromatic rings. The molecule has 0 spiro atoms. The van der Waals surface area contributed by atoms with Gasteiger partial charge in [-0.25, -0.2) is 0 Å². The monoisotopic (exact) mass is 372 g/mol. The van der Waals surface area contributed by atoms with Crippen LogP contribution in [-0.4, -0.2) is 26.2 Å². The second kappa shape index (κ2) is 7.86. The highest BCUT2D eigenvalue weighted by Gasteiger charge is 2.15. The number of amides is 1. The molecule has 0 unspecified atom stereocenters. The van der Waals surface area contributed by atoms with Crippen molar-refractivity contribution in [1.82, 2.24) is 9.59 Å². The zero-order valence-electron chi connectivity index (χ0n) is 12.8. The fourth-order valence-corrected chi connectivity index (χ4v) is 3.63. The van der Waals surface area contributed by atoms with Gasteiger partial charge in [-0.05, 0) is 23.7 Å². The van der Waals surface area contributed by atoms with E-state index in [1.165, 1.54) is 23.9 Å². The number of non-ortho nitro benzene ring substituents is 1. The van der Waals surface area contributed by atoms with Crippen LogP contribution in [0.5, 0.6) is 0 Å². The minimum absolute atomic E-state index is 0.0109.